The number of thioether (sulfide) groups is 1. The van der Waals surface area contributed by atoms with Crippen molar-refractivity contribution in [2.75, 3.05) is 25.7 Å². The maximum atomic E-state index is 12.3. The molecule has 1 saturated carbocycles. The van der Waals surface area contributed by atoms with Crippen LogP contribution in [-0.2, 0) is 32.1 Å². The first-order valence-electron chi connectivity index (χ1n) is 10.7. The summed E-state index contributed by atoms with van der Waals surface area (Å²) in [6, 6.07) is 7.89. The molecule has 1 aromatic carbocycles. The van der Waals surface area contributed by atoms with Gasteiger partial charge in [-0.25, -0.2) is 0 Å². The second-order valence-corrected chi connectivity index (χ2v) is 9.14. The van der Waals surface area contributed by atoms with Crippen molar-refractivity contribution in [1.29, 1.82) is 0 Å². The molecule has 2 rings (SSSR count). The lowest BCUT2D eigenvalue weighted by Crippen LogP contribution is -2.20. The van der Waals surface area contributed by atoms with Crippen molar-refractivity contribution in [1.82, 2.24) is 0 Å². The van der Waals surface area contributed by atoms with Crippen molar-refractivity contribution in [3.05, 3.63) is 47.5 Å². The molecule has 0 radical (unpaired) electrons. The summed E-state index contributed by atoms with van der Waals surface area (Å²) in [5.74, 6) is 1.01. The fourth-order valence-electron chi connectivity index (χ4n) is 3.90. The number of methoxy groups -OCH3 is 2. The van der Waals surface area contributed by atoms with E-state index < -0.39 is 12.2 Å². The Kier molecular flexibility index (Phi) is 11.3. The van der Waals surface area contributed by atoms with Gasteiger partial charge in [-0.1, -0.05) is 36.4 Å². The lowest BCUT2D eigenvalue weighted by Gasteiger charge is -2.18. The Morgan fingerprint density at radius 3 is 2.81 bits per heavy atom. The van der Waals surface area contributed by atoms with Gasteiger partial charge in [0.15, 0.2) is 0 Å². The number of ketones is 1. The maximum Gasteiger partial charge on any atom is 0.305 e. The topological polar surface area (TPSA) is 93.1 Å². The minimum absolute atomic E-state index is 0.0825. The van der Waals surface area contributed by atoms with Crippen LogP contribution in [0.4, 0.5) is 0 Å². The third-order valence-electron chi connectivity index (χ3n) is 5.51. The zero-order valence-corrected chi connectivity index (χ0v) is 19.2. The molecule has 2 N–H and O–H groups in total. The number of rotatable bonds is 13. The normalized spacial score (nSPS) is 22.2. The Balaban J connectivity index is 1.83. The van der Waals surface area contributed by atoms with E-state index in [4.69, 9.17) is 4.74 Å². The van der Waals surface area contributed by atoms with E-state index in [0.29, 0.717) is 25.9 Å². The summed E-state index contributed by atoms with van der Waals surface area (Å²) >= 11 is 1.70. The molecule has 172 valence electrons. The maximum absolute atomic E-state index is 12.3. The van der Waals surface area contributed by atoms with Crippen LogP contribution < -0.4 is 0 Å². The number of benzene rings is 1. The Morgan fingerprint density at radius 1 is 1.29 bits per heavy atom. The smallest absolute Gasteiger partial charge is 0.305 e. The lowest BCUT2D eigenvalue weighted by molar-refractivity contribution is -0.140. The predicted octanol–water partition coefficient (Wildman–Crippen LogP) is 2.94. The molecule has 1 fully saturated rings. The third-order valence-corrected chi connectivity index (χ3v) is 6.61. The standard InChI is InChI=1S/C24H34O6S/c1-29-16-18-6-3-5-17(13-18)14-19(25)8-9-20-21(23(27)15-22(20)26)10-12-31-11-4-7-24(28)30-2/h3,5-6,8-9,13,19-22,25-26H,4,7,10-12,14-16H2,1-2H3/t19-,20+,21-,22-/m1/s1. The number of carbonyl (C=O) groups is 2. The first-order chi connectivity index (χ1) is 14.9. The molecule has 0 aromatic heterocycles. The molecule has 7 heteroatoms. The van der Waals surface area contributed by atoms with Crippen molar-refractivity contribution in [3.8, 4) is 0 Å². The molecule has 0 saturated heterocycles. The van der Waals surface area contributed by atoms with Gasteiger partial charge in [-0.3, -0.25) is 9.59 Å². The Hall–Kier alpha value is -1.67. The highest BCUT2D eigenvalue weighted by Gasteiger charge is 2.39. The largest absolute Gasteiger partial charge is 0.469 e. The second-order valence-electron chi connectivity index (χ2n) is 7.91. The van der Waals surface area contributed by atoms with Crippen molar-refractivity contribution >= 4 is 23.5 Å². The summed E-state index contributed by atoms with van der Waals surface area (Å²) in [5, 5.41) is 20.8. The van der Waals surface area contributed by atoms with Crippen LogP contribution in [0.5, 0.6) is 0 Å². The van der Waals surface area contributed by atoms with Crippen LogP contribution in [-0.4, -0.2) is 59.9 Å². The number of esters is 1. The van der Waals surface area contributed by atoms with Gasteiger partial charge >= 0.3 is 5.97 Å². The number of aliphatic hydroxyl groups is 2. The number of hydrogen-bond acceptors (Lipinski definition) is 7. The second kappa shape index (κ2) is 13.7. The number of carbonyl (C=O) groups excluding carboxylic acids is 2. The molecule has 0 amide bonds. The minimum atomic E-state index is -0.699. The summed E-state index contributed by atoms with van der Waals surface area (Å²) in [6.45, 7) is 0.526. The molecule has 6 nitrogen and oxygen atoms in total. The van der Waals surface area contributed by atoms with Gasteiger partial charge in [0, 0.05) is 38.2 Å². The first-order valence-corrected chi connectivity index (χ1v) is 11.9. The van der Waals surface area contributed by atoms with Crippen molar-refractivity contribution < 1.29 is 29.3 Å². The first kappa shape index (κ1) is 25.6. The van der Waals surface area contributed by atoms with E-state index in [1.807, 2.05) is 30.3 Å². The Bertz CT molecular complexity index is 735. The summed E-state index contributed by atoms with van der Waals surface area (Å²) in [7, 11) is 3.03. The fraction of sp³-hybridized carbons (Fsp3) is 0.583. The van der Waals surface area contributed by atoms with Crippen LogP contribution >= 0.6 is 11.8 Å². The molecule has 0 bridgehead atoms. The van der Waals surface area contributed by atoms with E-state index in [9.17, 15) is 19.8 Å². The quantitative estimate of drug-likeness (QED) is 0.271. The van der Waals surface area contributed by atoms with Crippen molar-refractivity contribution in [3.63, 3.8) is 0 Å². The molecular formula is C24H34O6S. The molecule has 0 unspecified atom stereocenters. The molecule has 1 aromatic rings. The Morgan fingerprint density at radius 2 is 2.06 bits per heavy atom. The van der Waals surface area contributed by atoms with Crippen LogP contribution in [0, 0.1) is 11.8 Å². The average Bonchev–Trinajstić information content (AvgIpc) is 3.01. The van der Waals surface area contributed by atoms with Crippen LogP contribution in [0.15, 0.2) is 36.4 Å². The zero-order chi connectivity index (χ0) is 22.6. The van der Waals surface area contributed by atoms with Crippen molar-refractivity contribution in [2.45, 2.75) is 50.9 Å². The summed E-state index contributed by atoms with van der Waals surface area (Å²) in [5.41, 5.74) is 2.06. The zero-order valence-electron chi connectivity index (χ0n) is 18.4. The highest BCUT2D eigenvalue weighted by molar-refractivity contribution is 7.99. The summed E-state index contributed by atoms with van der Waals surface area (Å²) in [4.78, 5) is 23.5. The predicted molar refractivity (Wildman–Crippen MR) is 122 cm³/mol. The van der Waals surface area contributed by atoms with Gasteiger partial charge in [0.25, 0.3) is 0 Å². The number of Topliss-reactive ketones (excluding diaryl/α,β-unsaturated/α-hetero) is 1. The van der Waals surface area contributed by atoms with Crippen molar-refractivity contribution in [2.24, 2.45) is 11.8 Å². The van der Waals surface area contributed by atoms with Gasteiger partial charge in [0.1, 0.15) is 5.78 Å². The molecule has 4 atom stereocenters. The minimum Gasteiger partial charge on any atom is -0.469 e. The van der Waals surface area contributed by atoms with E-state index in [1.54, 1.807) is 24.9 Å². The highest BCUT2D eigenvalue weighted by atomic mass is 32.2. The van der Waals surface area contributed by atoms with Crippen LogP contribution in [0.2, 0.25) is 0 Å². The third kappa shape index (κ3) is 8.77. The summed E-state index contributed by atoms with van der Waals surface area (Å²) < 4.78 is 9.77. The van der Waals surface area contributed by atoms with E-state index in [-0.39, 0.29) is 30.0 Å². The fourth-order valence-corrected chi connectivity index (χ4v) is 4.88. The number of ether oxygens (including phenoxy) is 2. The molecule has 1 aliphatic carbocycles. The lowest BCUT2D eigenvalue weighted by atomic mass is 9.91. The van der Waals surface area contributed by atoms with Crippen LogP contribution in [0.1, 0.15) is 36.8 Å². The summed E-state index contributed by atoms with van der Waals surface area (Å²) in [6.07, 6.45) is 4.60. The molecule has 0 heterocycles. The molecule has 0 aliphatic heterocycles. The number of aliphatic hydroxyl groups excluding tert-OH is 2. The SMILES string of the molecule is COCc1cccc(C[C@H](O)C=C[C@@H]2[C@H](O)CC(=O)[C@@H]2CCSCCCC(=O)OC)c1. The highest BCUT2D eigenvalue weighted by Crippen LogP contribution is 2.34. The molecule has 0 spiro atoms. The van der Waals surface area contributed by atoms with E-state index >= 15 is 0 Å². The van der Waals surface area contributed by atoms with E-state index in [2.05, 4.69) is 4.74 Å². The van der Waals surface area contributed by atoms with E-state index in [0.717, 1.165) is 29.1 Å². The van der Waals surface area contributed by atoms with Crippen LogP contribution in [0.25, 0.3) is 0 Å². The Labute approximate surface area is 189 Å². The van der Waals surface area contributed by atoms with Gasteiger partial charge in [0.2, 0.25) is 0 Å². The van der Waals surface area contributed by atoms with Gasteiger partial charge in [-0.05, 0) is 35.5 Å². The van der Waals surface area contributed by atoms with Gasteiger partial charge in [-0.2, -0.15) is 11.8 Å². The molecule has 1 aliphatic rings. The van der Waals surface area contributed by atoms with Gasteiger partial charge in [0.05, 0.1) is 25.9 Å². The average molecular weight is 451 g/mol. The van der Waals surface area contributed by atoms with Gasteiger partial charge < -0.3 is 19.7 Å². The van der Waals surface area contributed by atoms with Crippen LogP contribution in [0.3, 0.4) is 0 Å². The monoisotopic (exact) mass is 450 g/mol. The molecule has 31 heavy (non-hydrogen) atoms. The molecular weight excluding hydrogens is 416 g/mol. The number of hydrogen-bond donors (Lipinski definition) is 2. The van der Waals surface area contributed by atoms with Gasteiger partial charge in [-0.15, -0.1) is 0 Å². The van der Waals surface area contributed by atoms with E-state index in [1.165, 1.54) is 7.11 Å².